The van der Waals surface area contributed by atoms with Crippen molar-refractivity contribution in [2.45, 2.75) is 64.8 Å². The fourth-order valence-corrected chi connectivity index (χ4v) is 3.13. The molecule has 1 aliphatic carbocycles. The van der Waals surface area contributed by atoms with Gasteiger partial charge in [-0.1, -0.05) is 20.8 Å². The topological polar surface area (TPSA) is 37.8 Å². The number of aromatic nitrogens is 2. The Labute approximate surface area is 127 Å². The first-order valence-corrected chi connectivity index (χ1v) is 8.17. The minimum atomic E-state index is 0.00308. The van der Waals surface area contributed by atoms with Gasteiger partial charge in [-0.05, 0) is 38.5 Å². The van der Waals surface area contributed by atoms with Crippen molar-refractivity contribution in [2.75, 3.05) is 11.2 Å². The fraction of sp³-hybridized carbons (Fsp3) is 0.750. The maximum atomic E-state index is 6.27. The van der Waals surface area contributed by atoms with Gasteiger partial charge in [0.05, 0.1) is 5.54 Å². The van der Waals surface area contributed by atoms with E-state index in [2.05, 4.69) is 36.1 Å². The Hall–Kier alpha value is -0.830. The van der Waals surface area contributed by atoms with Gasteiger partial charge in [0.1, 0.15) is 11.6 Å². The zero-order valence-electron chi connectivity index (χ0n) is 13.0. The molecule has 0 bridgehead atoms. The number of alkyl halides is 1. The summed E-state index contributed by atoms with van der Waals surface area (Å²) in [6.45, 7) is 8.59. The van der Waals surface area contributed by atoms with Crippen LogP contribution in [-0.2, 0) is 0 Å². The third-order valence-corrected chi connectivity index (χ3v) is 4.78. The summed E-state index contributed by atoms with van der Waals surface area (Å²) in [4.78, 5) is 9.16. The van der Waals surface area contributed by atoms with Crippen molar-refractivity contribution >= 4 is 17.4 Å². The number of hydrogen-bond donors (Lipinski definition) is 1. The molecule has 3 nitrogen and oxygen atoms in total. The second kappa shape index (κ2) is 6.30. The minimum Gasteiger partial charge on any atom is -0.363 e. The van der Waals surface area contributed by atoms with Gasteiger partial charge in [-0.25, -0.2) is 9.97 Å². The quantitative estimate of drug-likeness (QED) is 0.831. The number of anilines is 1. The van der Waals surface area contributed by atoms with E-state index in [-0.39, 0.29) is 5.54 Å². The van der Waals surface area contributed by atoms with E-state index in [4.69, 9.17) is 11.6 Å². The van der Waals surface area contributed by atoms with Crippen molar-refractivity contribution in [1.82, 2.24) is 9.97 Å². The molecule has 4 heteroatoms. The average Bonchev–Trinajstić information content (AvgIpc) is 2.41. The maximum absolute atomic E-state index is 6.27. The molecule has 0 aliphatic heterocycles. The van der Waals surface area contributed by atoms with Gasteiger partial charge in [0, 0.05) is 23.6 Å². The van der Waals surface area contributed by atoms with Gasteiger partial charge in [-0.3, -0.25) is 0 Å². The lowest BCUT2D eigenvalue weighted by Gasteiger charge is -2.39. The Balaban J connectivity index is 2.19. The van der Waals surface area contributed by atoms with Crippen molar-refractivity contribution in [2.24, 2.45) is 5.92 Å². The Morgan fingerprint density at radius 1 is 1.35 bits per heavy atom. The smallest absolute Gasteiger partial charge is 0.133 e. The molecule has 0 amide bonds. The molecule has 0 saturated heterocycles. The van der Waals surface area contributed by atoms with Crippen LogP contribution in [-0.4, -0.2) is 21.4 Å². The van der Waals surface area contributed by atoms with Gasteiger partial charge in [-0.2, -0.15) is 0 Å². The Morgan fingerprint density at radius 3 is 2.55 bits per heavy atom. The molecule has 112 valence electrons. The van der Waals surface area contributed by atoms with E-state index in [1.165, 1.54) is 12.8 Å². The molecule has 20 heavy (non-hydrogen) atoms. The van der Waals surface area contributed by atoms with Crippen LogP contribution in [0.2, 0.25) is 0 Å². The number of nitrogens with zero attached hydrogens (tertiary/aromatic N) is 2. The van der Waals surface area contributed by atoms with E-state index in [9.17, 15) is 0 Å². The van der Waals surface area contributed by atoms with Crippen molar-refractivity contribution in [1.29, 1.82) is 0 Å². The third kappa shape index (κ3) is 3.63. The highest BCUT2D eigenvalue weighted by atomic mass is 35.5. The highest BCUT2D eigenvalue weighted by molar-refractivity contribution is 6.18. The molecule has 1 aromatic heterocycles. The van der Waals surface area contributed by atoms with Crippen LogP contribution in [0.3, 0.4) is 0 Å². The highest BCUT2D eigenvalue weighted by Crippen LogP contribution is 2.35. The van der Waals surface area contributed by atoms with E-state index in [0.717, 1.165) is 36.1 Å². The second-order valence-corrected chi connectivity index (χ2v) is 6.90. The lowest BCUT2D eigenvalue weighted by molar-refractivity contribution is 0.286. The molecular weight excluding hydrogens is 270 g/mol. The monoisotopic (exact) mass is 295 g/mol. The van der Waals surface area contributed by atoms with Crippen LogP contribution in [0.4, 0.5) is 5.82 Å². The van der Waals surface area contributed by atoms with Crippen molar-refractivity contribution in [3.8, 4) is 0 Å². The van der Waals surface area contributed by atoms with Gasteiger partial charge in [0.2, 0.25) is 0 Å². The Kier molecular flexibility index (Phi) is 4.90. The van der Waals surface area contributed by atoms with Crippen LogP contribution in [0.1, 0.15) is 63.9 Å². The molecular formula is C16H26ClN3. The molecule has 0 atom stereocenters. The summed E-state index contributed by atoms with van der Waals surface area (Å²) in [5.74, 6) is 3.62. The van der Waals surface area contributed by atoms with E-state index >= 15 is 0 Å². The predicted octanol–water partition coefficient (Wildman–Crippen LogP) is 4.51. The SMILES string of the molecule is Cc1cc(NC2(CCl)CCC(C)CC2)nc(C(C)C)n1. The van der Waals surface area contributed by atoms with Gasteiger partial charge < -0.3 is 5.32 Å². The Bertz CT molecular complexity index is 451. The van der Waals surface area contributed by atoms with Crippen LogP contribution in [0.5, 0.6) is 0 Å². The normalized spacial score (nSPS) is 26.8. The number of halogens is 1. The van der Waals surface area contributed by atoms with E-state index in [1.807, 2.05) is 13.0 Å². The summed E-state index contributed by atoms with van der Waals surface area (Å²) in [5.41, 5.74) is 1.02. The molecule has 0 spiro atoms. The van der Waals surface area contributed by atoms with Crippen molar-refractivity contribution in [3.63, 3.8) is 0 Å². The van der Waals surface area contributed by atoms with E-state index in [1.54, 1.807) is 0 Å². The molecule has 1 saturated carbocycles. The molecule has 0 unspecified atom stereocenters. The van der Waals surface area contributed by atoms with E-state index in [0.29, 0.717) is 11.8 Å². The lowest BCUT2D eigenvalue weighted by atomic mass is 9.78. The summed E-state index contributed by atoms with van der Waals surface area (Å²) in [5, 5.41) is 3.62. The maximum Gasteiger partial charge on any atom is 0.133 e. The zero-order chi connectivity index (χ0) is 14.8. The summed E-state index contributed by atoms with van der Waals surface area (Å²) < 4.78 is 0. The zero-order valence-corrected chi connectivity index (χ0v) is 13.8. The van der Waals surface area contributed by atoms with Crippen LogP contribution in [0.15, 0.2) is 6.07 Å². The molecule has 1 N–H and O–H groups in total. The van der Waals surface area contributed by atoms with Crippen LogP contribution in [0.25, 0.3) is 0 Å². The largest absolute Gasteiger partial charge is 0.363 e. The average molecular weight is 296 g/mol. The molecule has 1 heterocycles. The number of aryl methyl sites for hydroxylation is 1. The van der Waals surface area contributed by atoms with E-state index < -0.39 is 0 Å². The third-order valence-electron chi connectivity index (χ3n) is 4.27. The highest BCUT2D eigenvalue weighted by Gasteiger charge is 2.33. The first-order valence-electron chi connectivity index (χ1n) is 7.64. The number of hydrogen-bond acceptors (Lipinski definition) is 3. The number of nitrogens with one attached hydrogen (secondary N) is 1. The predicted molar refractivity (Wildman–Crippen MR) is 85.6 cm³/mol. The standard InChI is InChI=1S/C16H26ClN3/c1-11(2)15-18-13(4)9-14(19-15)20-16(10-17)7-5-12(3)6-8-16/h9,11-12H,5-8,10H2,1-4H3,(H,18,19,20). The summed E-state index contributed by atoms with van der Waals surface area (Å²) >= 11 is 6.27. The second-order valence-electron chi connectivity index (χ2n) is 6.63. The molecule has 1 aromatic rings. The summed E-state index contributed by atoms with van der Waals surface area (Å²) in [6, 6.07) is 2.03. The Morgan fingerprint density at radius 2 is 2.00 bits per heavy atom. The van der Waals surface area contributed by atoms with Crippen molar-refractivity contribution in [3.05, 3.63) is 17.6 Å². The van der Waals surface area contributed by atoms with Crippen molar-refractivity contribution < 1.29 is 0 Å². The molecule has 0 aromatic carbocycles. The first kappa shape index (κ1) is 15.6. The number of rotatable bonds is 4. The molecule has 1 aliphatic rings. The van der Waals surface area contributed by atoms with Gasteiger partial charge >= 0.3 is 0 Å². The molecule has 0 radical (unpaired) electrons. The van der Waals surface area contributed by atoms with Crippen LogP contribution in [0, 0.1) is 12.8 Å². The summed E-state index contributed by atoms with van der Waals surface area (Å²) in [6.07, 6.45) is 4.72. The van der Waals surface area contributed by atoms with Gasteiger partial charge in [-0.15, -0.1) is 11.6 Å². The van der Waals surface area contributed by atoms with Crippen LogP contribution < -0.4 is 5.32 Å². The molecule has 1 fully saturated rings. The molecule has 2 rings (SSSR count). The first-order chi connectivity index (χ1) is 9.44. The minimum absolute atomic E-state index is 0.00308. The summed E-state index contributed by atoms with van der Waals surface area (Å²) in [7, 11) is 0. The lowest BCUT2D eigenvalue weighted by Crippen LogP contribution is -2.43. The fourth-order valence-electron chi connectivity index (χ4n) is 2.79. The van der Waals surface area contributed by atoms with Crippen LogP contribution >= 0.6 is 11.6 Å². The van der Waals surface area contributed by atoms with Gasteiger partial charge in [0.15, 0.2) is 0 Å². The van der Waals surface area contributed by atoms with Gasteiger partial charge in [0.25, 0.3) is 0 Å².